The van der Waals surface area contributed by atoms with E-state index in [9.17, 15) is 9.90 Å². The van der Waals surface area contributed by atoms with Gasteiger partial charge >= 0.3 is 0 Å². The molecule has 3 nitrogen and oxygen atoms in total. The van der Waals surface area contributed by atoms with Crippen LogP contribution in [-0.2, 0) is 0 Å². The van der Waals surface area contributed by atoms with Crippen molar-refractivity contribution in [1.82, 2.24) is 0 Å². The molecule has 1 aromatic carbocycles. The average Bonchev–Trinajstić information content (AvgIpc) is 2.34. The van der Waals surface area contributed by atoms with Gasteiger partial charge < -0.3 is 9.84 Å². The van der Waals surface area contributed by atoms with Crippen LogP contribution in [-0.4, -0.2) is 23.1 Å². The maximum Gasteiger partial charge on any atom is 0.163 e. The van der Waals surface area contributed by atoms with Crippen molar-refractivity contribution in [3.8, 4) is 5.75 Å². The molecular weight excluding hydrogens is 252 g/mol. The van der Waals surface area contributed by atoms with Crippen LogP contribution in [0.2, 0.25) is 5.02 Å². The molecule has 2 atom stereocenters. The lowest BCUT2D eigenvalue weighted by molar-refractivity contribution is 0.00648. The highest BCUT2D eigenvalue weighted by molar-refractivity contribution is 6.31. The Balaban J connectivity index is 2.20. The summed E-state index contributed by atoms with van der Waals surface area (Å²) in [6.07, 6.45) is 2.98. The van der Waals surface area contributed by atoms with Crippen LogP contribution in [0.4, 0.5) is 0 Å². The van der Waals surface area contributed by atoms with E-state index >= 15 is 0 Å². The number of Topliss-reactive ketones (excluding diaryl/α,β-unsaturated/α-hetero) is 1. The molecule has 0 bridgehead atoms. The lowest BCUT2D eigenvalue weighted by atomic mass is 9.94. The number of carbonyl (C=O) groups excluding carboxylic acids is 1. The summed E-state index contributed by atoms with van der Waals surface area (Å²) in [5.74, 6) is 0.427. The summed E-state index contributed by atoms with van der Waals surface area (Å²) >= 11 is 5.88. The number of aliphatic hydroxyl groups is 1. The molecule has 2 unspecified atom stereocenters. The zero-order valence-corrected chi connectivity index (χ0v) is 11.1. The van der Waals surface area contributed by atoms with Gasteiger partial charge in [-0.2, -0.15) is 0 Å². The summed E-state index contributed by atoms with van der Waals surface area (Å²) < 4.78 is 5.79. The Morgan fingerprint density at radius 3 is 2.78 bits per heavy atom. The second-order valence-corrected chi connectivity index (χ2v) is 5.14. The Morgan fingerprint density at radius 2 is 2.11 bits per heavy atom. The van der Waals surface area contributed by atoms with Crippen LogP contribution in [0.15, 0.2) is 18.2 Å². The van der Waals surface area contributed by atoms with Crippen LogP contribution in [0.1, 0.15) is 43.0 Å². The number of carbonyl (C=O) groups is 1. The quantitative estimate of drug-likeness (QED) is 0.856. The number of hydrogen-bond acceptors (Lipinski definition) is 3. The van der Waals surface area contributed by atoms with E-state index in [0.717, 1.165) is 25.7 Å². The van der Waals surface area contributed by atoms with E-state index in [4.69, 9.17) is 16.3 Å². The van der Waals surface area contributed by atoms with Crippen LogP contribution in [0.5, 0.6) is 5.75 Å². The molecule has 0 radical (unpaired) electrons. The fraction of sp³-hybridized carbons (Fsp3) is 0.500. The topological polar surface area (TPSA) is 46.5 Å². The molecule has 1 fully saturated rings. The molecule has 0 heterocycles. The zero-order chi connectivity index (χ0) is 13.1. The maximum atomic E-state index is 11.5. The van der Waals surface area contributed by atoms with Gasteiger partial charge in [-0.15, -0.1) is 0 Å². The molecule has 0 amide bonds. The zero-order valence-electron chi connectivity index (χ0n) is 10.4. The van der Waals surface area contributed by atoms with Gasteiger partial charge in [0, 0.05) is 5.02 Å². The molecule has 98 valence electrons. The number of ketones is 1. The van der Waals surface area contributed by atoms with Gasteiger partial charge in [-0.05, 0) is 44.4 Å². The van der Waals surface area contributed by atoms with Crippen molar-refractivity contribution in [2.24, 2.45) is 0 Å². The minimum atomic E-state index is -0.450. The monoisotopic (exact) mass is 268 g/mol. The van der Waals surface area contributed by atoms with Crippen molar-refractivity contribution in [2.45, 2.75) is 44.8 Å². The van der Waals surface area contributed by atoms with Gasteiger partial charge in [0.25, 0.3) is 0 Å². The van der Waals surface area contributed by atoms with Gasteiger partial charge in [0.1, 0.15) is 11.9 Å². The second kappa shape index (κ2) is 5.72. The predicted octanol–water partition coefficient (Wildman–Crippen LogP) is 3.22. The van der Waals surface area contributed by atoms with Crippen LogP contribution < -0.4 is 4.74 Å². The summed E-state index contributed by atoms with van der Waals surface area (Å²) in [7, 11) is 0. The minimum Gasteiger partial charge on any atom is -0.487 e. The number of benzene rings is 1. The molecule has 1 saturated carbocycles. The molecule has 0 saturated heterocycles. The largest absolute Gasteiger partial charge is 0.487 e. The molecule has 0 aromatic heterocycles. The third-order valence-electron chi connectivity index (χ3n) is 3.27. The van der Waals surface area contributed by atoms with Gasteiger partial charge in [0.15, 0.2) is 5.78 Å². The number of ether oxygens (including phenoxy) is 1. The molecule has 0 aliphatic heterocycles. The van der Waals surface area contributed by atoms with Crippen LogP contribution >= 0.6 is 11.6 Å². The third-order valence-corrected chi connectivity index (χ3v) is 3.50. The Bertz CT molecular complexity index is 445. The van der Waals surface area contributed by atoms with Gasteiger partial charge in [-0.3, -0.25) is 4.79 Å². The Hall–Kier alpha value is -1.06. The fourth-order valence-electron chi connectivity index (χ4n) is 2.26. The highest BCUT2D eigenvalue weighted by Crippen LogP contribution is 2.28. The summed E-state index contributed by atoms with van der Waals surface area (Å²) in [5.41, 5.74) is 0.472. The maximum absolute atomic E-state index is 11.5. The van der Waals surface area contributed by atoms with E-state index in [1.165, 1.54) is 6.92 Å². The van der Waals surface area contributed by atoms with Crippen molar-refractivity contribution in [2.75, 3.05) is 0 Å². The lowest BCUT2D eigenvalue weighted by Gasteiger charge is -2.28. The van der Waals surface area contributed by atoms with Gasteiger partial charge in [0.05, 0.1) is 11.7 Å². The van der Waals surface area contributed by atoms with E-state index in [-0.39, 0.29) is 11.9 Å². The van der Waals surface area contributed by atoms with Crippen molar-refractivity contribution in [3.63, 3.8) is 0 Å². The first-order valence-corrected chi connectivity index (χ1v) is 6.61. The number of hydrogen-bond donors (Lipinski definition) is 1. The SMILES string of the molecule is CC(=O)c1cc(Cl)ccc1OC1CCCCC1O. The van der Waals surface area contributed by atoms with Gasteiger partial charge in [-0.1, -0.05) is 18.0 Å². The summed E-state index contributed by atoms with van der Waals surface area (Å²) in [6, 6.07) is 4.99. The van der Waals surface area contributed by atoms with E-state index in [1.54, 1.807) is 18.2 Å². The predicted molar refractivity (Wildman–Crippen MR) is 70.3 cm³/mol. The van der Waals surface area contributed by atoms with Crippen LogP contribution in [0.3, 0.4) is 0 Å². The van der Waals surface area contributed by atoms with Crippen molar-refractivity contribution in [3.05, 3.63) is 28.8 Å². The number of rotatable bonds is 3. The average molecular weight is 269 g/mol. The summed E-state index contributed by atoms with van der Waals surface area (Å²) in [5, 5.41) is 10.4. The molecule has 2 rings (SSSR count). The van der Waals surface area contributed by atoms with Crippen molar-refractivity contribution < 1.29 is 14.6 Å². The second-order valence-electron chi connectivity index (χ2n) is 4.70. The Morgan fingerprint density at radius 1 is 1.39 bits per heavy atom. The summed E-state index contributed by atoms with van der Waals surface area (Å²) in [4.78, 5) is 11.5. The molecule has 1 aliphatic carbocycles. The smallest absolute Gasteiger partial charge is 0.163 e. The van der Waals surface area contributed by atoms with Gasteiger partial charge in [0.2, 0.25) is 0 Å². The first-order valence-electron chi connectivity index (χ1n) is 6.23. The van der Waals surface area contributed by atoms with E-state index in [0.29, 0.717) is 16.3 Å². The molecule has 18 heavy (non-hydrogen) atoms. The highest BCUT2D eigenvalue weighted by Gasteiger charge is 2.25. The molecule has 1 aliphatic rings. The first-order chi connectivity index (χ1) is 8.58. The first kappa shape index (κ1) is 13.4. The van der Waals surface area contributed by atoms with E-state index < -0.39 is 6.10 Å². The van der Waals surface area contributed by atoms with E-state index in [2.05, 4.69) is 0 Å². The molecule has 0 spiro atoms. The number of halogens is 1. The van der Waals surface area contributed by atoms with Crippen molar-refractivity contribution in [1.29, 1.82) is 0 Å². The van der Waals surface area contributed by atoms with Crippen LogP contribution in [0.25, 0.3) is 0 Å². The standard InChI is InChI=1S/C14H17ClO3/c1-9(16)11-8-10(15)6-7-13(11)18-14-5-3-2-4-12(14)17/h6-8,12,14,17H,2-5H2,1H3. The normalized spacial score (nSPS) is 23.7. The van der Waals surface area contributed by atoms with Gasteiger partial charge in [-0.25, -0.2) is 0 Å². The van der Waals surface area contributed by atoms with Crippen LogP contribution in [0, 0.1) is 0 Å². The lowest BCUT2D eigenvalue weighted by Crippen LogP contribution is -2.34. The summed E-state index contributed by atoms with van der Waals surface area (Å²) in [6.45, 7) is 1.48. The Labute approximate surface area is 112 Å². The highest BCUT2D eigenvalue weighted by atomic mass is 35.5. The minimum absolute atomic E-state index is 0.0854. The Kier molecular flexibility index (Phi) is 4.25. The molecule has 1 aromatic rings. The third kappa shape index (κ3) is 3.03. The van der Waals surface area contributed by atoms with Crippen molar-refractivity contribution >= 4 is 17.4 Å². The molecule has 4 heteroatoms. The fourth-order valence-corrected chi connectivity index (χ4v) is 2.43. The van der Waals surface area contributed by atoms with E-state index in [1.807, 2.05) is 0 Å². The number of aliphatic hydroxyl groups excluding tert-OH is 1. The molecule has 1 N–H and O–H groups in total. The molecular formula is C14H17ClO3.